The maximum Gasteiger partial charge on any atom is 0.220 e. The Morgan fingerprint density at radius 2 is 1.96 bits per heavy atom. The number of para-hydroxylation sites is 1. The second kappa shape index (κ2) is 7.79. The molecule has 2 aromatic rings. The number of rotatable bonds is 6. The molecule has 1 heterocycles. The lowest BCUT2D eigenvalue weighted by Crippen LogP contribution is -2.23. The van der Waals surface area contributed by atoms with Gasteiger partial charge in [-0.3, -0.25) is 4.79 Å². The number of hydrogen-bond acceptors (Lipinski definition) is 3. The Kier molecular flexibility index (Phi) is 5.29. The summed E-state index contributed by atoms with van der Waals surface area (Å²) in [5.41, 5.74) is 0.996. The summed E-state index contributed by atoms with van der Waals surface area (Å²) in [6.45, 7) is 0. The van der Waals surface area contributed by atoms with Gasteiger partial charge >= 0.3 is 0 Å². The normalized spacial score (nSPS) is 18.5. The highest BCUT2D eigenvalue weighted by molar-refractivity contribution is 5.78. The van der Waals surface area contributed by atoms with E-state index in [1.807, 2.05) is 60.7 Å². The number of aliphatic hydroxyl groups excluding tert-OH is 1. The lowest BCUT2D eigenvalue weighted by Gasteiger charge is -2.10. The van der Waals surface area contributed by atoms with Crippen molar-refractivity contribution in [3.8, 4) is 11.5 Å². The number of ether oxygens (including phenoxy) is 1. The van der Waals surface area contributed by atoms with E-state index in [1.54, 1.807) is 6.08 Å². The molecule has 0 spiro atoms. The van der Waals surface area contributed by atoms with Crippen molar-refractivity contribution in [1.29, 1.82) is 0 Å². The molecule has 1 aliphatic rings. The fourth-order valence-electron chi connectivity index (χ4n) is 2.71. The van der Waals surface area contributed by atoms with E-state index in [0.29, 0.717) is 12.8 Å². The van der Waals surface area contributed by atoms with Crippen molar-refractivity contribution in [3.05, 3.63) is 72.3 Å². The lowest BCUT2D eigenvalue weighted by molar-refractivity contribution is -0.119. The van der Waals surface area contributed by atoms with Crippen LogP contribution in [0.2, 0.25) is 0 Å². The van der Waals surface area contributed by atoms with Gasteiger partial charge in [0, 0.05) is 18.9 Å². The van der Waals surface area contributed by atoms with Gasteiger partial charge in [0.2, 0.25) is 5.91 Å². The predicted molar refractivity (Wildman–Crippen MR) is 93.0 cm³/mol. The molecule has 0 aliphatic carbocycles. The molecule has 2 N–H and O–H groups in total. The summed E-state index contributed by atoms with van der Waals surface area (Å²) in [5.74, 6) is 1.61. The molecule has 4 heteroatoms. The highest BCUT2D eigenvalue weighted by atomic mass is 16.5. The topological polar surface area (TPSA) is 58.6 Å². The zero-order valence-corrected chi connectivity index (χ0v) is 13.4. The summed E-state index contributed by atoms with van der Waals surface area (Å²) >= 11 is 0. The summed E-state index contributed by atoms with van der Waals surface area (Å²) < 4.78 is 5.81. The zero-order chi connectivity index (χ0) is 16.8. The van der Waals surface area contributed by atoms with Gasteiger partial charge in [0.25, 0.3) is 0 Å². The van der Waals surface area contributed by atoms with Gasteiger partial charge in [0.1, 0.15) is 11.5 Å². The van der Waals surface area contributed by atoms with Gasteiger partial charge < -0.3 is 15.2 Å². The van der Waals surface area contributed by atoms with Crippen LogP contribution in [-0.4, -0.2) is 23.2 Å². The largest absolute Gasteiger partial charge is 0.457 e. The van der Waals surface area contributed by atoms with E-state index in [9.17, 15) is 9.90 Å². The number of aliphatic hydroxyl groups is 1. The van der Waals surface area contributed by atoms with Crippen molar-refractivity contribution < 1.29 is 14.6 Å². The van der Waals surface area contributed by atoms with Crippen molar-refractivity contribution in [2.45, 2.75) is 31.4 Å². The van der Waals surface area contributed by atoms with Crippen LogP contribution in [0.5, 0.6) is 11.5 Å². The number of amides is 1. The highest BCUT2D eigenvalue weighted by Crippen LogP contribution is 2.22. The lowest BCUT2D eigenvalue weighted by atomic mass is 10.1. The van der Waals surface area contributed by atoms with Gasteiger partial charge in [-0.05, 0) is 36.2 Å². The van der Waals surface area contributed by atoms with Gasteiger partial charge in [0.05, 0.1) is 6.10 Å². The Labute approximate surface area is 141 Å². The van der Waals surface area contributed by atoms with Crippen LogP contribution in [-0.2, 0) is 11.2 Å². The minimum absolute atomic E-state index is 0.0416. The van der Waals surface area contributed by atoms with Crippen LogP contribution in [0.15, 0.2) is 66.7 Å². The molecule has 124 valence electrons. The second-order valence-electron chi connectivity index (χ2n) is 5.93. The second-order valence-corrected chi connectivity index (χ2v) is 5.93. The number of carbonyl (C=O) groups is 1. The van der Waals surface area contributed by atoms with Gasteiger partial charge in [0.15, 0.2) is 0 Å². The van der Waals surface area contributed by atoms with Crippen molar-refractivity contribution >= 4 is 5.91 Å². The first-order chi connectivity index (χ1) is 11.7. The number of hydrogen-bond donors (Lipinski definition) is 2. The van der Waals surface area contributed by atoms with Crippen molar-refractivity contribution in [3.63, 3.8) is 0 Å². The summed E-state index contributed by atoms with van der Waals surface area (Å²) in [5, 5.41) is 13.0. The Bertz CT molecular complexity index is 712. The van der Waals surface area contributed by atoms with E-state index in [1.165, 1.54) is 0 Å². The van der Waals surface area contributed by atoms with Crippen LogP contribution in [0.25, 0.3) is 0 Å². The standard InChI is InChI=1S/C20H21NO3/c22-17(11-9-16-10-12-20(23)21-16)13-15-5-4-8-19(14-15)24-18-6-2-1-3-7-18/h1-9,11,14,16-17,22H,10,12-13H2,(H,21,23)/t16-,17?/m0/s1. The SMILES string of the molecule is O=C1CC[C@H](C=CC(O)Cc2cccc(Oc3ccccc3)c2)N1. The van der Waals surface area contributed by atoms with E-state index < -0.39 is 6.10 Å². The minimum Gasteiger partial charge on any atom is -0.457 e. The van der Waals surface area contributed by atoms with Gasteiger partial charge in [-0.15, -0.1) is 0 Å². The molecule has 2 aromatic carbocycles. The molecule has 2 atom stereocenters. The minimum atomic E-state index is -0.588. The highest BCUT2D eigenvalue weighted by Gasteiger charge is 2.18. The molecule has 4 nitrogen and oxygen atoms in total. The Morgan fingerprint density at radius 3 is 2.71 bits per heavy atom. The van der Waals surface area contributed by atoms with Crippen LogP contribution in [0.4, 0.5) is 0 Å². The average Bonchev–Trinajstić information content (AvgIpc) is 3.00. The number of nitrogens with one attached hydrogen (secondary N) is 1. The fraction of sp³-hybridized carbons (Fsp3) is 0.250. The molecule has 0 saturated carbocycles. The maximum absolute atomic E-state index is 11.2. The summed E-state index contributed by atoms with van der Waals surface area (Å²) in [6.07, 6.45) is 4.89. The Morgan fingerprint density at radius 1 is 1.17 bits per heavy atom. The molecule has 1 saturated heterocycles. The molecule has 1 unspecified atom stereocenters. The molecule has 3 rings (SSSR count). The quantitative estimate of drug-likeness (QED) is 0.803. The van der Waals surface area contributed by atoms with Crippen molar-refractivity contribution in [2.24, 2.45) is 0 Å². The zero-order valence-electron chi connectivity index (χ0n) is 13.4. The molecule has 1 amide bonds. The first kappa shape index (κ1) is 16.3. The third kappa shape index (κ3) is 4.70. The Hall–Kier alpha value is -2.59. The van der Waals surface area contributed by atoms with Crippen LogP contribution in [0.1, 0.15) is 18.4 Å². The number of carbonyl (C=O) groups excluding carboxylic acids is 1. The molecule has 1 fully saturated rings. The summed E-state index contributed by atoms with van der Waals surface area (Å²) in [4.78, 5) is 11.2. The van der Waals surface area contributed by atoms with Gasteiger partial charge in [-0.25, -0.2) is 0 Å². The molecule has 24 heavy (non-hydrogen) atoms. The van der Waals surface area contributed by atoms with Crippen molar-refractivity contribution in [2.75, 3.05) is 0 Å². The number of benzene rings is 2. The molecule has 0 radical (unpaired) electrons. The fourth-order valence-corrected chi connectivity index (χ4v) is 2.71. The van der Waals surface area contributed by atoms with Crippen LogP contribution in [0, 0.1) is 0 Å². The third-order valence-electron chi connectivity index (χ3n) is 3.92. The molecular formula is C20H21NO3. The van der Waals surface area contributed by atoms with Crippen LogP contribution < -0.4 is 10.1 Å². The molecule has 0 bridgehead atoms. The predicted octanol–water partition coefficient (Wildman–Crippen LogP) is 3.22. The Balaban J connectivity index is 1.57. The maximum atomic E-state index is 11.2. The first-order valence-corrected chi connectivity index (χ1v) is 8.16. The molecule has 1 aliphatic heterocycles. The molecular weight excluding hydrogens is 302 g/mol. The van der Waals surface area contributed by atoms with Crippen LogP contribution >= 0.6 is 0 Å². The van der Waals surface area contributed by atoms with E-state index in [2.05, 4.69) is 5.32 Å². The smallest absolute Gasteiger partial charge is 0.220 e. The van der Waals surface area contributed by atoms with E-state index in [4.69, 9.17) is 4.74 Å². The van der Waals surface area contributed by atoms with Crippen molar-refractivity contribution in [1.82, 2.24) is 5.32 Å². The third-order valence-corrected chi connectivity index (χ3v) is 3.92. The average molecular weight is 323 g/mol. The van der Waals surface area contributed by atoms with E-state index in [0.717, 1.165) is 23.5 Å². The van der Waals surface area contributed by atoms with Crippen LogP contribution in [0.3, 0.4) is 0 Å². The van der Waals surface area contributed by atoms with Gasteiger partial charge in [-0.1, -0.05) is 42.5 Å². The summed E-state index contributed by atoms with van der Waals surface area (Å²) in [7, 11) is 0. The monoisotopic (exact) mass is 323 g/mol. The first-order valence-electron chi connectivity index (χ1n) is 8.16. The van der Waals surface area contributed by atoms with E-state index in [-0.39, 0.29) is 11.9 Å². The van der Waals surface area contributed by atoms with Gasteiger partial charge in [-0.2, -0.15) is 0 Å². The van der Waals surface area contributed by atoms with E-state index >= 15 is 0 Å². The molecule has 0 aromatic heterocycles. The summed E-state index contributed by atoms with van der Waals surface area (Å²) in [6, 6.07) is 17.4.